The fourth-order valence-electron chi connectivity index (χ4n) is 3.72. The minimum Gasteiger partial charge on any atom is -0.489 e. The van der Waals surface area contributed by atoms with E-state index in [4.69, 9.17) is 4.74 Å². The van der Waals surface area contributed by atoms with Crippen molar-refractivity contribution in [1.82, 2.24) is 24.8 Å². The van der Waals surface area contributed by atoms with Crippen LogP contribution >= 0.6 is 0 Å². The van der Waals surface area contributed by atoms with E-state index in [9.17, 15) is 4.79 Å². The molecule has 0 fully saturated rings. The Morgan fingerprint density at radius 1 is 1.31 bits per heavy atom. The lowest BCUT2D eigenvalue weighted by Crippen LogP contribution is -2.38. The smallest absolute Gasteiger partial charge is 0.256 e. The predicted molar refractivity (Wildman–Crippen MR) is 111 cm³/mol. The normalized spacial score (nSPS) is 16.8. The molecule has 29 heavy (non-hydrogen) atoms. The van der Waals surface area contributed by atoms with Crippen molar-refractivity contribution in [1.29, 1.82) is 0 Å². The summed E-state index contributed by atoms with van der Waals surface area (Å²) in [7, 11) is 0. The molecular formula is C22H27N5O2. The topological polar surface area (TPSA) is 71.8 Å². The van der Waals surface area contributed by atoms with Crippen molar-refractivity contribution in [3.63, 3.8) is 0 Å². The van der Waals surface area contributed by atoms with E-state index in [1.54, 1.807) is 29.2 Å². The van der Waals surface area contributed by atoms with E-state index in [0.29, 0.717) is 17.8 Å². The molecule has 1 aliphatic heterocycles. The molecule has 3 heterocycles. The van der Waals surface area contributed by atoms with Gasteiger partial charge in [-0.3, -0.25) is 9.69 Å². The SMILES string of the molecule is CCCCC1CN(CCNC(=O)c2cnn3cccnc23)Cc2ccccc2O1. The molecule has 0 saturated heterocycles. The zero-order chi connectivity index (χ0) is 20.1. The number of amides is 1. The van der Waals surface area contributed by atoms with Crippen LogP contribution in [0.5, 0.6) is 5.75 Å². The standard InChI is InChI=1S/C22H27N5O2/c1-2-3-8-18-16-26(15-17-7-4-5-9-20(17)29-18)13-11-24-22(28)19-14-25-27-12-6-10-23-21(19)27/h4-7,9-10,12,14,18H,2-3,8,11,13,15-16H2,1H3,(H,24,28). The summed E-state index contributed by atoms with van der Waals surface area (Å²) in [6.45, 7) is 5.22. The molecule has 0 aliphatic carbocycles. The first-order valence-corrected chi connectivity index (χ1v) is 10.3. The van der Waals surface area contributed by atoms with Crippen molar-refractivity contribution in [2.75, 3.05) is 19.6 Å². The number of benzene rings is 1. The monoisotopic (exact) mass is 393 g/mol. The first-order valence-electron chi connectivity index (χ1n) is 10.3. The highest BCUT2D eigenvalue weighted by Crippen LogP contribution is 2.26. The van der Waals surface area contributed by atoms with Gasteiger partial charge in [-0.25, -0.2) is 9.50 Å². The molecule has 1 unspecified atom stereocenters. The highest BCUT2D eigenvalue weighted by Gasteiger charge is 2.22. The Kier molecular flexibility index (Phi) is 6.05. The van der Waals surface area contributed by atoms with E-state index >= 15 is 0 Å². The summed E-state index contributed by atoms with van der Waals surface area (Å²) in [5, 5.41) is 7.19. The van der Waals surface area contributed by atoms with E-state index < -0.39 is 0 Å². The van der Waals surface area contributed by atoms with Crippen molar-refractivity contribution in [3.05, 3.63) is 60.0 Å². The lowest BCUT2D eigenvalue weighted by Gasteiger charge is -2.24. The van der Waals surface area contributed by atoms with Gasteiger partial charge in [-0.15, -0.1) is 0 Å². The Balaban J connectivity index is 1.38. The van der Waals surface area contributed by atoms with Gasteiger partial charge in [0.2, 0.25) is 0 Å². The van der Waals surface area contributed by atoms with Crippen molar-refractivity contribution >= 4 is 11.6 Å². The van der Waals surface area contributed by atoms with Crippen LogP contribution in [0.25, 0.3) is 5.65 Å². The number of aromatic nitrogens is 3. The Morgan fingerprint density at radius 2 is 2.21 bits per heavy atom. The van der Waals surface area contributed by atoms with Crippen LogP contribution in [0.4, 0.5) is 0 Å². The number of fused-ring (bicyclic) bond motifs is 2. The largest absolute Gasteiger partial charge is 0.489 e. The van der Waals surface area contributed by atoms with Crippen LogP contribution in [0, 0.1) is 0 Å². The number of ether oxygens (including phenoxy) is 1. The summed E-state index contributed by atoms with van der Waals surface area (Å²) in [6, 6.07) is 10.0. The lowest BCUT2D eigenvalue weighted by atomic mass is 10.1. The van der Waals surface area contributed by atoms with Crippen LogP contribution in [0.1, 0.15) is 42.1 Å². The average Bonchev–Trinajstić information content (AvgIpc) is 3.08. The molecular weight excluding hydrogens is 366 g/mol. The molecule has 0 spiro atoms. The van der Waals surface area contributed by atoms with Crippen molar-refractivity contribution in [2.24, 2.45) is 0 Å². The third-order valence-corrected chi connectivity index (χ3v) is 5.24. The second kappa shape index (κ2) is 9.05. The number of nitrogens with zero attached hydrogens (tertiary/aromatic N) is 4. The number of carbonyl (C=O) groups is 1. The van der Waals surface area contributed by atoms with Crippen LogP contribution in [-0.4, -0.2) is 51.1 Å². The molecule has 7 nitrogen and oxygen atoms in total. The van der Waals surface area contributed by atoms with E-state index in [0.717, 1.165) is 44.6 Å². The highest BCUT2D eigenvalue weighted by atomic mass is 16.5. The Hall–Kier alpha value is -2.93. The molecule has 1 aliphatic rings. The molecule has 0 radical (unpaired) electrons. The van der Waals surface area contributed by atoms with Gasteiger partial charge in [0.1, 0.15) is 17.4 Å². The summed E-state index contributed by atoms with van der Waals surface area (Å²) in [5.74, 6) is 0.838. The quantitative estimate of drug-likeness (QED) is 0.668. The summed E-state index contributed by atoms with van der Waals surface area (Å²) < 4.78 is 7.88. The number of carbonyl (C=O) groups excluding carboxylic acids is 1. The minimum atomic E-state index is -0.146. The van der Waals surface area contributed by atoms with Crippen LogP contribution in [0.3, 0.4) is 0 Å². The fraction of sp³-hybridized carbons (Fsp3) is 0.409. The number of nitrogens with one attached hydrogen (secondary N) is 1. The van der Waals surface area contributed by atoms with E-state index in [2.05, 4.69) is 39.4 Å². The number of unbranched alkanes of at least 4 members (excludes halogenated alkanes) is 1. The van der Waals surface area contributed by atoms with Crippen LogP contribution in [0.2, 0.25) is 0 Å². The Labute approximate surface area is 170 Å². The second-order valence-corrected chi connectivity index (χ2v) is 7.43. The predicted octanol–water partition coefficient (Wildman–Crippen LogP) is 2.91. The van der Waals surface area contributed by atoms with Gasteiger partial charge in [0.25, 0.3) is 5.91 Å². The van der Waals surface area contributed by atoms with Crippen LogP contribution in [-0.2, 0) is 6.54 Å². The van der Waals surface area contributed by atoms with E-state index in [1.807, 2.05) is 12.1 Å². The molecule has 3 aromatic rings. The van der Waals surface area contributed by atoms with Crippen LogP contribution in [0.15, 0.2) is 48.9 Å². The van der Waals surface area contributed by atoms with Crippen molar-refractivity contribution in [3.8, 4) is 5.75 Å². The number of rotatable bonds is 7. The third-order valence-electron chi connectivity index (χ3n) is 5.24. The highest BCUT2D eigenvalue weighted by molar-refractivity contribution is 5.99. The molecule has 1 atom stereocenters. The number of hydrogen-bond acceptors (Lipinski definition) is 5. The maximum absolute atomic E-state index is 12.6. The van der Waals surface area contributed by atoms with Gasteiger partial charge >= 0.3 is 0 Å². The van der Waals surface area contributed by atoms with Gasteiger partial charge in [0.15, 0.2) is 5.65 Å². The van der Waals surface area contributed by atoms with E-state index in [-0.39, 0.29) is 12.0 Å². The summed E-state index contributed by atoms with van der Waals surface area (Å²) in [6.07, 6.45) is 8.54. The van der Waals surface area contributed by atoms with Crippen molar-refractivity contribution in [2.45, 2.75) is 38.8 Å². The Morgan fingerprint density at radius 3 is 3.10 bits per heavy atom. The number of hydrogen-bond donors (Lipinski definition) is 1. The molecule has 1 aromatic carbocycles. The van der Waals surface area contributed by atoms with Gasteiger partial charge in [0.05, 0.1) is 6.20 Å². The molecule has 1 N–H and O–H groups in total. The van der Waals surface area contributed by atoms with Gasteiger partial charge in [-0.05, 0) is 25.0 Å². The van der Waals surface area contributed by atoms with Gasteiger partial charge in [-0.1, -0.05) is 31.5 Å². The first-order chi connectivity index (χ1) is 14.2. The zero-order valence-corrected chi connectivity index (χ0v) is 16.8. The minimum absolute atomic E-state index is 0.146. The van der Waals surface area contributed by atoms with E-state index in [1.165, 1.54) is 5.56 Å². The fourth-order valence-corrected chi connectivity index (χ4v) is 3.72. The van der Waals surface area contributed by atoms with Crippen molar-refractivity contribution < 1.29 is 9.53 Å². The van der Waals surface area contributed by atoms with Gasteiger partial charge < -0.3 is 10.1 Å². The average molecular weight is 393 g/mol. The Bertz CT molecular complexity index is 971. The molecule has 152 valence electrons. The number of para-hydroxylation sites is 1. The van der Waals surface area contributed by atoms with Gasteiger partial charge in [0, 0.05) is 44.1 Å². The molecule has 1 amide bonds. The summed E-state index contributed by atoms with van der Waals surface area (Å²) in [5.41, 5.74) is 2.27. The maximum atomic E-state index is 12.6. The zero-order valence-electron chi connectivity index (χ0n) is 16.8. The van der Waals surface area contributed by atoms with Crippen LogP contribution < -0.4 is 10.1 Å². The molecule has 2 aromatic heterocycles. The first kappa shape index (κ1) is 19.4. The summed E-state index contributed by atoms with van der Waals surface area (Å²) in [4.78, 5) is 19.2. The molecule has 7 heteroatoms. The third kappa shape index (κ3) is 4.56. The second-order valence-electron chi connectivity index (χ2n) is 7.43. The lowest BCUT2D eigenvalue weighted by molar-refractivity contribution is 0.0943. The molecule has 0 bridgehead atoms. The molecule has 4 rings (SSSR count). The van der Waals surface area contributed by atoms with Gasteiger partial charge in [-0.2, -0.15) is 5.10 Å². The maximum Gasteiger partial charge on any atom is 0.256 e. The summed E-state index contributed by atoms with van der Waals surface area (Å²) >= 11 is 0. The molecule has 0 saturated carbocycles.